The molecule has 0 bridgehead atoms. The summed E-state index contributed by atoms with van der Waals surface area (Å²) in [5.41, 5.74) is 0.347. The summed E-state index contributed by atoms with van der Waals surface area (Å²) in [7, 11) is 0. The van der Waals surface area contributed by atoms with E-state index in [9.17, 15) is 18.0 Å². The van der Waals surface area contributed by atoms with Crippen LogP contribution < -0.4 is 10.2 Å². The highest BCUT2D eigenvalue weighted by Gasteiger charge is 2.35. The normalized spacial score (nSPS) is 13.9. The Morgan fingerprint density at radius 3 is 2.30 bits per heavy atom. The number of nitrogens with zero attached hydrogens (tertiary/aromatic N) is 4. The maximum atomic E-state index is 13.5. The van der Waals surface area contributed by atoms with Crippen molar-refractivity contribution in [2.45, 2.75) is 32.5 Å². The minimum absolute atomic E-state index is 0.318. The Balaban J connectivity index is 0.000000470. The number of carbonyl (C=O) groups excluding carboxylic acids is 1. The number of halogens is 4. The average molecular weight is 592 g/mol. The van der Waals surface area contributed by atoms with Crippen LogP contribution in [0.3, 0.4) is 0 Å². The number of alkyl halides is 3. The first-order valence-corrected chi connectivity index (χ1v) is 13.7. The second kappa shape index (κ2) is 12.4. The second-order valence-electron chi connectivity index (χ2n) is 9.91. The molecule has 1 saturated heterocycles. The third-order valence-corrected chi connectivity index (χ3v) is 7.29. The Hall–Kier alpha value is -3.41. The number of carbonyl (C=O) groups is 1. The van der Waals surface area contributed by atoms with Gasteiger partial charge < -0.3 is 15.0 Å². The van der Waals surface area contributed by atoms with Crippen LogP contribution in [0.5, 0.6) is 0 Å². The molecule has 212 valence electrons. The molecule has 1 aliphatic heterocycles. The van der Waals surface area contributed by atoms with E-state index in [1.807, 2.05) is 39.0 Å². The Bertz CT molecular complexity index is 1420. The zero-order chi connectivity index (χ0) is 28.9. The zero-order valence-corrected chi connectivity index (χ0v) is 23.8. The molecule has 0 amide bonds. The van der Waals surface area contributed by atoms with Gasteiger partial charge in [-0.3, -0.25) is 4.79 Å². The fourth-order valence-electron chi connectivity index (χ4n) is 3.89. The molecule has 4 aromatic rings. The molecule has 0 saturated carbocycles. The Morgan fingerprint density at radius 1 is 1.02 bits per heavy atom. The van der Waals surface area contributed by atoms with Crippen LogP contribution in [0.15, 0.2) is 60.8 Å². The number of thiophene rings is 1. The summed E-state index contributed by atoms with van der Waals surface area (Å²) in [6.45, 7) is 9.59. The van der Waals surface area contributed by atoms with Gasteiger partial charge in [-0.15, -0.1) is 11.3 Å². The van der Waals surface area contributed by atoms with Gasteiger partial charge in [-0.25, -0.2) is 9.67 Å². The fraction of sp³-hybridized carbons (Fsp3) is 0.321. The number of rotatable bonds is 5. The topological polar surface area (TPSA) is 72.3 Å². The number of anilines is 1. The largest absolute Gasteiger partial charge is 0.462 e. The first kappa shape index (κ1) is 29.6. The van der Waals surface area contributed by atoms with Crippen LogP contribution in [-0.2, 0) is 15.7 Å². The smallest absolute Gasteiger partial charge is 0.435 e. The maximum Gasteiger partial charge on any atom is 0.435 e. The van der Waals surface area contributed by atoms with Gasteiger partial charge in [-0.1, -0.05) is 23.7 Å². The van der Waals surface area contributed by atoms with Crippen LogP contribution in [0.1, 0.15) is 26.5 Å². The van der Waals surface area contributed by atoms with Crippen LogP contribution in [0, 0.1) is 0 Å². The van der Waals surface area contributed by atoms with Crippen LogP contribution in [0.4, 0.5) is 19.0 Å². The van der Waals surface area contributed by atoms with Crippen LogP contribution >= 0.6 is 22.9 Å². The van der Waals surface area contributed by atoms with Crippen molar-refractivity contribution in [2.24, 2.45) is 0 Å². The quantitative estimate of drug-likeness (QED) is 0.260. The van der Waals surface area contributed by atoms with E-state index in [-0.39, 0.29) is 5.60 Å². The van der Waals surface area contributed by atoms with E-state index in [4.69, 9.17) is 11.6 Å². The lowest BCUT2D eigenvalue weighted by Gasteiger charge is -2.28. The van der Waals surface area contributed by atoms with Gasteiger partial charge >= 0.3 is 6.18 Å². The molecule has 1 aliphatic rings. The molecule has 5 rings (SSSR count). The summed E-state index contributed by atoms with van der Waals surface area (Å²) < 4.78 is 46.2. The summed E-state index contributed by atoms with van der Waals surface area (Å²) in [6.07, 6.45) is -2.76. The van der Waals surface area contributed by atoms with E-state index in [1.54, 1.807) is 36.5 Å². The van der Waals surface area contributed by atoms with E-state index in [0.29, 0.717) is 27.8 Å². The van der Waals surface area contributed by atoms with E-state index in [2.05, 4.69) is 25.0 Å². The molecule has 0 spiro atoms. The summed E-state index contributed by atoms with van der Waals surface area (Å²) >= 11 is 7.65. The molecule has 1 N–H and O–H groups in total. The molecule has 7 nitrogen and oxygen atoms in total. The predicted octanol–water partition coefficient (Wildman–Crippen LogP) is 6.70. The highest BCUT2D eigenvalue weighted by molar-refractivity contribution is 7.18. The van der Waals surface area contributed by atoms with E-state index < -0.39 is 11.9 Å². The number of benzene rings is 1. The van der Waals surface area contributed by atoms with Crippen molar-refractivity contribution in [3.63, 3.8) is 0 Å². The maximum absolute atomic E-state index is 13.5. The Kier molecular flexibility index (Phi) is 9.17. The summed E-state index contributed by atoms with van der Waals surface area (Å²) in [6, 6.07) is 15.4. The molecule has 4 heterocycles. The number of hydrogen-bond acceptors (Lipinski definition) is 7. The van der Waals surface area contributed by atoms with E-state index in [1.165, 1.54) is 16.0 Å². The lowest BCUT2D eigenvalue weighted by molar-refractivity contribution is -0.141. The molecule has 1 aromatic carbocycles. The van der Waals surface area contributed by atoms with Gasteiger partial charge in [0.05, 0.1) is 21.3 Å². The van der Waals surface area contributed by atoms with Crippen molar-refractivity contribution in [3.8, 4) is 26.7 Å². The van der Waals surface area contributed by atoms with Crippen LogP contribution in [0.25, 0.3) is 26.7 Å². The van der Waals surface area contributed by atoms with Crippen molar-refractivity contribution >= 4 is 35.2 Å². The Morgan fingerprint density at radius 2 is 1.73 bits per heavy atom. The SMILES string of the molecule is CC(C)(C)OC=O.FC(F)(F)c1cc(-c2ccc(-c3ccc(N4CCNCC4)nc3)s2)n(-c2ccccc2Cl)n1. The molecule has 0 unspecified atom stereocenters. The Labute approximate surface area is 239 Å². The number of hydrogen-bond donors (Lipinski definition) is 1. The standard InChI is InChI=1S/C23H19ClF3N5S.C5H10O2/c24-16-3-1-2-4-17(16)32-18(13-21(30-32)23(25,26)27)20-7-6-19(33-20)15-5-8-22(29-14-15)31-11-9-28-10-12-31;1-5(2,3)7-4-6/h1-8,13-14,28H,9-12H2;4H,1-3H3. The van der Waals surface area contributed by atoms with Gasteiger partial charge in [-0.2, -0.15) is 18.3 Å². The predicted molar refractivity (Wildman–Crippen MR) is 152 cm³/mol. The summed E-state index contributed by atoms with van der Waals surface area (Å²) in [4.78, 5) is 18.0. The van der Waals surface area contributed by atoms with E-state index in [0.717, 1.165) is 48.5 Å². The van der Waals surface area contributed by atoms with Gasteiger partial charge in [0.15, 0.2) is 5.69 Å². The molecule has 0 radical (unpaired) electrons. The van der Waals surface area contributed by atoms with Crippen molar-refractivity contribution in [1.29, 1.82) is 0 Å². The molecule has 40 heavy (non-hydrogen) atoms. The third kappa shape index (κ3) is 7.41. The van der Waals surface area contributed by atoms with Gasteiger partial charge in [0.25, 0.3) is 6.47 Å². The highest BCUT2D eigenvalue weighted by atomic mass is 35.5. The lowest BCUT2D eigenvalue weighted by atomic mass is 10.2. The molecule has 0 atom stereocenters. The average Bonchev–Trinajstić information content (AvgIpc) is 3.57. The number of para-hydroxylation sites is 1. The zero-order valence-electron chi connectivity index (χ0n) is 22.2. The van der Waals surface area contributed by atoms with Crippen LogP contribution in [-0.4, -0.2) is 53.0 Å². The molecular formula is C28H29ClF3N5O2S. The number of nitrogens with one attached hydrogen (secondary N) is 1. The van der Waals surface area contributed by atoms with Gasteiger partial charge in [0.1, 0.15) is 11.4 Å². The number of pyridine rings is 1. The fourth-order valence-corrected chi connectivity index (χ4v) is 5.10. The number of piperazine rings is 1. The number of ether oxygens (including phenoxy) is 1. The molecule has 0 aliphatic carbocycles. The van der Waals surface area contributed by atoms with Crippen molar-refractivity contribution in [1.82, 2.24) is 20.1 Å². The molecule has 12 heteroatoms. The van der Waals surface area contributed by atoms with Gasteiger partial charge in [-0.05, 0) is 63.2 Å². The molecule has 1 fully saturated rings. The first-order valence-electron chi connectivity index (χ1n) is 12.5. The first-order chi connectivity index (χ1) is 19.0. The van der Waals surface area contributed by atoms with Gasteiger partial charge in [0, 0.05) is 42.8 Å². The minimum Gasteiger partial charge on any atom is -0.462 e. The highest BCUT2D eigenvalue weighted by Crippen LogP contribution is 2.39. The van der Waals surface area contributed by atoms with Crippen LogP contribution in [0.2, 0.25) is 5.02 Å². The van der Waals surface area contributed by atoms with Crippen molar-refractivity contribution < 1.29 is 22.7 Å². The van der Waals surface area contributed by atoms with Crippen molar-refractivity contribution in [3.05, 3.63) is 71.5 Å². The molecule has 3 aromatic heterocycles. The number of aromatic nitrogens is 3. The monoisotopic (exact) mass is 591 g/mol. The third-order valence-electron chi connectivity index (χ3n) is 5.81. The van der Waals surface area contributed by atoms with E-state index >= 15 is 0 Å². The summed E-state index contributed by atoms with van der Waals surface area (Å²) in [5, 5.41) is 7.46. The second-order valence-corrected chi connectivity index (χ2v) is 11.4. The lowest BCUT2D eigenvalue weighted by Crippen LogP contribution is -2.43. The summed E-state index contributed by atoms with van der Waals surface area (Å²) in [5.74, 6) is 0.920. The van der Waals surface area contributed by atoms with Crippen molar-refractivity contribution in [2.75, 3.05) is 31.1 Å². The molecular weight excluding hydrogens is 563 g/mol. The van der Waals surface area contributed by atoms with Gasteiger partial charge in [0.2, 0.25) is 0 Å². The minimum atomic E-state index is -4.56.